The van der Waals surface area contributed by atoms with Crippen LogP contribution >= 0.6 is 0 Å². The van der Waals surface area contributed by atoms with Gasteiger partial charge in [0, 0.05) is 13.0 Å². The fourth-order valence-corrected chi connectivity index (χ4v) is 5.21. The van der Waals surface area contributed by atoms with E-state index in [2.05, 4.69) is 55.2 Å². The van der Waals surface area contributed by atoms with E-state index in [4.69, 9.17) is 4.98 Å². The molecule has 1 atom stereocenters. The van der Waals surface area contributed by atoms with E-state index < -0.39 is 0 Å². The molecule has 2 aliphatic rings. The minimum Gasteiger partial charge on any atom is -0.337 e. The van der Waals surface area contributed by atoms with Gasteiger partial charge in [-0.3, -0.25) is 9.59 Å². The lowest BCUT2D eigenvalue weighted by molar-refractivity contribution is -0.133. The van der Waals surface area contributed by atoms with Crippen LogP contribution in [0.4, 0.5) is 0 Å². The smallest absolute Gasteiger partial charge is 0.256 e. The Morgan fingerprint density at radius 1 is 1.06 bits per heavy atom. The monoisotopic (exact) mass is 455 g/mol. The molecule has 176 valence electrons. The van der Waals surface area contributed by atoms with E-state index in [1.165, 1.54) is 11.1 Å². The van der Waals surface area contributed by atoms with E-state index in [9.17, 15) is 9.59 Å². The van der Waals surface area contributed by atoms with E-state index >= 15 is 0 Å². The van der Waals surface area contributed by atoms with Gasteiger partial charge in [0.05, 0.1) is 29.1 Å². The number of hydrogen-bond acceptors (Lipinski definition) is 3. The number of fused-ring (bicyclic) bond motifs is 1. The zero-order valence-corrected chi connectivity index (χ0v) is 20.3. The summed E-state index contributed by atoms with van der Waals surface area (Å²) in [6.07, 6.45) is 3.64. The topological polar surface area (TPSA) is 66.1 Å². The standard InChI is InChI=1S/C29H33N3O2/c1-19(2)17-21-9-11-22(12-10-21)20(3)27(34)32-16-13-25-24(18-32)26(33)31-28(30-25)29(14-15-29)23-7-5-4-6-8-23/h4-12,19-20H,13-18H2,1-3H3,(H,30,31,33)/t20-/m0/s1. The first-order chi connectivity index (χ1) is 16.4. The van der Waals surface area contributed by atoms with Gasteiger partial charge in [-0.1, -0.05) is 68.4 Å². The van der Waals surface area contributed by atoms with E-state index in [1.54, 1.807) is 0 Å². The second-order valence-electron chi connectivity index (χ2n) is 10.4. The maximum Gasteiger partial charge on any atom is 0.256 e. The summed E-state index contributed by atoms with van der Waals surface area (Å²) >= 11 is 0. The van der Waals surface area contributed by atoms with E-state index in [0.717, 1.165) is 36.3 Å². The minimum atomic E-state index is -0.242. The fraction of sp³-hybridized carbons (Fsp3) is 0.414. The molecule has 1 aromatic heterocycles. The number of nitrogens with one attached hydrogen (secondary N) is 1. The van der Waals surface area contributed by atoms with Crippen LogP contribution in [0, 0.1) is 5.92 Å². The second-order valence-corrected chi connectivity index (χ2v) is 10.4. The molecule has 1 aliphatic heterocycles. The third-order valence-electron chi connectivity index (χ3n) is 7.40. The molecule has 5 rings (SSSR count). The number of rotatable bonds is 6. The Balaban J connectivity index is 1.33. The number of aromatic amines is 1. The van der Waals surface area contributed by atoms with Crippen molar-refractivity contribution >= 4 is 5.91 Å². The molecule has 0 unspecified atom stereocenters. The Morgan fingerprint density at radius 2 is 1.76 bits per heavy atom. The van der Waals surface area contributed by atoms with Crippen molar-refractivity contribution in [3.63, 3.8) is 0 Å². The van der Waals surface area contributed by atoms with Crippen molar-refractivity contribution in [3.8, 4) is 0 Å². The molecule has 0 bridgehead atoms. The van der Waals surface area contributed by atoms with Crippen LogP contribution in [0.2, 0.25) is 0 Å². The third-order valence-corrected chi connectivity index (χ3v) is 7.40. The lowest BCUT2D eigenvalue weighted by Crippen LogP contribution is -2.42. The highest BCUT2D eigenvalue weighted by atomic mass is 16.2. The van der Waals surface area contributed by atoms with Crippen LogP contribution < -0.4 is 5.56 Å². The van der Waals surface area contributed by atoms with Crippen LogP contribution in [0.25, 0.3) is 0 Å². The van der Waals surface area contributed by atoms with Crippen molar-refractivity contribution in [1.29, 1.82) is 0 Å². The molecule has 1 aliphatic carbocycles. The number of carbonyl (C=O) groups excluding carboxylic acids is 1. The van der Waals surface area contributed by atoms with E-state index in [-0.39, 0.29) is 22.8 Å². The molecular formula is C29H33N3O2. The van der Waals surface area contributed by atoms with Gasteiger partial charge in [-0.2, -0.15) is 0 Å². The molecule has 3 aromatic rings. The van der Waals surface area contributed by atoms with Crippen molar-refractivity contribution in [3.05, 3.63) is 98.7 Å². The van der Waals surface area contributed by atoms with Gasteiger partial charge in [-0.15, -0.1) is 0 Å². The number of hydrogen-bond donors (Lipinski definition) is 1. The van der Waals surface area contributed by atoms with Crippen molar-refractivity contribution in [2.24, 2.45) is 5.92 Å². The Labute approximate surface area is 201 Å². The largest absolute Gasteiger partial charge is 0.337 e. The predicted octanol–water partition coefficient (Wildman–Crippen LogP) is 4.74. The molecule has 5 heteroatoms. The van der Waals surface area contributed by atoms with Gasteiger partial charge in [0.25, 0.3) is 5.56 Å². The zero-order chi connectivity index (χ0) is 23.9. The first-order valence-corrected chi connectivity index (χ1v) is 12.4. The summed E-state index contributed by atoms with van der Waals surface area (Å²) in [5, 5.41) is 0. The molecule has 0 radical (unpaired) electrons. The van der Waals surface area contributed by atoms with Gasteiger partial charge in [-0.25, -0.2) is 4.98 Å². The van der Waals surface area contributed by atoms with Crippen LogP contribution in [-0.4, -0.2) is 27.3 Å². The number of H-pyrrole nitrogens is 1. The lowest BCUT2D eigenvalue weighted by Gasteiger charge is -2.30. The van der Waals surface area contributed by atoms with Gasteiger partial charge in [0.15, 0.2) is 0 Å². The van der Waals surface area contributed by atoms with Gasteiger partial charge in [0.2, 0.25) is 5.91 Å². The van der Waals surface area contributed by atoms with Crippen molar-refractivity contribution < 1.29 is 4.79 Å². The van der Waals surface area contributed by atoms with Crippen molar-refractivity contribution in [1.82, 2.24) is 14.9 Å². The average Bonchev–Trinajstić information content (AvgIpc) is 3.66. The Bertz CT molecular complexity index is 1240. The van der Waals surface area contributed by atoms with Gasteiger partial charge < -0.3 is 9.88 Å². The lowest BCUT2D eigenvalue weighted by atomic mass is 9.94. The van der Waals surface area contributed by atoms with Crippen LogP contribution in [0.15, 0.2) is 59.4 Å². The van der Waals surface area contributed by atoms with Crippen LogP contribution in [0.3, 0.4) is 0 Å². The molecule has 34 heavy (non-hydrogen) atoms. The molecule has 5 nitrogen and oxygen atoms in total. The van der Waals surface area contributed by atoms with Crippen LogP contribution in [-0.2, 0) is 29.6 Å². The Hall–Kier alpha value is -3.21. The molecule has 1 N–H and O–H groups in total. The number of amides is 1. The van der Waals surface area contributed by atoms with E-state index in [1.807, 2.05) is 30.0 Å². The fourth-order valence-electron chi connectivity index (χ4n) is 5.21. The quantitative estimate of drug-likeness (QED) is 0.584. The number of nitrogens with zero attached hydrogens (tertiary/aromatic N) is 2. The van der Waals surface area contributed by atoms with Gasteiger partial charge in [0.1, 0.15) is 5.82 Å². The SMILES string of the molecule is CC(C)Cc1ccc([C@H](C)C(=O)N2CCc3nc(C4(c5ccccc5)CC4)[nH]c(=O)c3C2)cc1. The molecule has 2 aromatic carbocycles. The first kappa shape index (κ1) is 22.6. The molecule has 2 heterocycles. The summed E-state index contributed by atoms with van der Waals surface area (Å²) in [5.41, 5.74) is 4.72. The second kappa shape index (κ2) is 8.86. The van der Waals surface area contributed by atoms with Crippen LogP contribution in [0.1, 0.15) is 73.3 Å². The molecule has 1 fully saturated rings. The first-order valence-electron chi connectivity index (χ1n) is 12.4. The summed E-state index contributed by atoms with van der Waals surface area (Å²) in [6, 6.07) is 18.7. The summed E-state index contributed by atoms with van der Waals surface area (Å²) < 4.78 is 0. The minimum absolute atomic E-state index is 0.0636. The van der Waals surface area contributed by atoms with Gasteiger partial charge >= 0.3 is 0 Å². The van der Waals surface area contributed by atoms with Crippen molar-refractivity contribution in [2.45, 2.75) is 64.3 Å². The number of carbonyl (C=O) groups is 1. The summed E-state index contributed by atoms with van der Waals surface area (Å²) in [6.45, 7) is 7.29. The number of benzene rings is 2. The molecule has 0 spiro atoms. The Morgan fingerprint density at radius 3 is 2.41 bits per heavy atom. The number of aromatic nitrogens is 2. The third kappa shape index (κ3) is 4.20. The predicted molar refractivity (Wildman–Crippen MR) is 134 cm³/mol. The molecule has 1 amide bonds. The molecule has 1 saturated carbocycles. The maximum atomic E-state index is 13.3. The summed E-state index contributed by atoms with van der Waals surface area (Å²) in [4.78, 5) is 36.2. The average molecular weight is 456 g/mol. The maximum absolute atomic E-state index is 13.3. The normalized spacial score (nSPS) is 17.4. The molecular weight excluding hydrogens is 422 g/mol. The Kier molecular flexibility index (Phi) is 5.88. The summed E-state index contributed by atoms with van der Waals surface area (Å²) in [5.74, 6) is 1.20. The zero-order valence-electron chi connectivity index (χ0n) is 20.3. The van der Waals surface area contributed by atoms with Gasteiger partial charge in [-0.05, 0) is 48.8 Å². The van der Waals surface area contributed by atoms with Crippen molar-refractivity contribution in [2.75, 3.05) is 6.54 Å². The molecule has 0 saturated heterocycles. The van der Waals surface area contributed by atoms with Crippen LogP contribution in [0.5, 0.6) is 0 Å². The van der Waals surface area contributed by atoms with E-state index in [0.29, 0.717) is 31.0 Å². The highest BCUT2D eigenvalue weighted by Crippen LogP contribution is 2.51. The highest BCUT2D eigenvalue weighted by Gasteiger charge is 2.48. The highest BCUT2D eigenvalue weighted by molar-refractivity contribution is 5.83. The summed E-state index contributed by atoms with van der Waals surface area (Å²) in [7, 11) is 0.